The average Bonchev–Trinajstić information content (AvgIpc) is 2.95. The minimum atomic E-state index is -0.459. The Labute approximate surface area is 167 Å². The third kappa shape index (κ3) is 4.28. The average molecular weight is 387 g/mol. The van der Waals surface area contributed by atoms with Gasteiger partial charge in [0.2, 0.25) is 0 Å². The van der Waals surface area contributed by atoms with Crippen LogP contribution in [0, 0.1) is 0 Å². The Morgan fingerprint density at radius 1 is 1.00 bits per heavy atom. The maximum Gasteiger partial charge on any atom is 0.263 e. The fourth-order valence-electron chi connectivity index (χ4n) is 4.16. The van der Waals surface area contributed by atoms with Crippen LogP contribution in [-0.2, 0) is 4.79 Å². The molecule has 1 amide bonds. The van der Waals surface area contributed by atoms with E-state index in [1.54, 1.807) is 0 Å². The molecule has 3 unspecified atom stereocenters. The monoisotopic (exact) mass is 386 g/mol. The van der Waals surface area contributed by atoms with E-state index in [1.807, 2.05) is 49.4 Å². The van der Waals surface area contributed by atoms with Crippen LogP contribution in [0.25, 0.3) is 11.1 Å². The Hall–Kier alpha value is -2.04. The predicted molar refractivity (Wildman–Crippen MR) is 110 cm³/mol. The zero-order valence-electron chi connectivity index (χ0n) is 15.6. The zero-order valence-corrected chi connectivity index (χ0v) is 16.5. The molecule has 0 spiro atoms. The highest BCUT2D eigenvalue weighted by Gasteiger charge is 2.40. The van der Waals surface area contributed by atoms with Gasteiger partial charge in [0.05, 0.1) is 0 Å². The van der Waals surface area contributed by atoms with Gasteiger partial charge in [-0.1, -0.05) is 42.5 Å². The molecule has 0 saturated carbocycles. The Morgan fingerprint density at radius 2 is 1.67 bits per heavy atom. The number of carbonyl (C=O) groups is 1. The van der Waals surface area contributed by atoms with Gasteiger partial charge in [-0.15, -0.1) is 12.4 Å². The van der Waals surface area contributed by atoms with Crippen LogP contribution in [0.3, 0.4) is 0 Å². The lowest BCUT2D eigenvalue weighted by molar-refractivity contribution is -0.140. The Bertz CT molecular complexity index is 737. The van der Waals surface area contributed by atoms with Gasteiger partial charge in [-0.2, -0.15) is 0 Å². The lowest BCUT2D eigenvalue weighted by Crippen LogP contribution is -2.48. The molecule has 2 aliphatic heterocycles. The van der Waals surface area contributed by atoms with Crippen LogP contribution in [0.1, 0.15) is 26.2 Å². The highest BCUT2D eigenvalue weighted by atomic mass is 35.5. The first-order valence-electron chi connectivity index (χ1n) is 9.57. The van der Waals surface area contributed by atoms with Gasteiger partial charge in [0, 0.05) is 18.6 Å². The molecule has 2 aromatic carbocycles. The SMILES string of the molecule is CC(Oc1ccc(-c2ccccc2)cc1)C(=O)N1C2CCNCC1CC2.Cl. The number of hydrogen-bond donors (Lipinski definition) is 1. The van der Waals surface area contributed by atoms with Crippen molar-refractivity contribution in [1.29, 1.82) is 0 Å². The normalized spacial score (nSPS) is 22.5. The number of ether oxygens (including phenoxy) is 1. The van der Waals surface area contributed by atoms with Crippen LogP contribution in [0.4, 0.5) is 0 Å². The van der Waals surface area contributed by atoms with E-state index in [1.165, 1.54) is 5.56 Å². The van der Waals surface area contributed by atoms with Crippen LogP contribution in [0.5, 0.6) is 5.75 Å². The van der Waals surface area contributed by atoms with E-state index in [0.29, 0.717) is 12.1 Å². The van der Waals surface area contributed by atoms with Crippen molar-refractivity contribution in [2.45, 2.75) is 44.4 Å². The summed E-state index contributed by atoms with van der Waals surface area (Å²) < 4.78 is 5.97. The highest BCUT2D eigenvalue weighted by Crippen LogP contribution is 2.29. The van der Waals surface area contributed by atoms with Gasteiger partial charge in [-0.05, 0) is 56.0 Å². The summed E-state index contributed by atoms with van der Waals surface area (Å²) in [6.45, 7) is 3.77. The number of rotatable bonds is 4. The highest BCUT2D eigenvalue weighted by molar-refractivity contribution is 5.85. The summed E-state index contributed by atoms with van der Waals surface area (Å²) in [5.74, 6) is 0.860. The molecule has 2 bridgehead atoms. The third-order valence-electron chi connectivity index (χ3n) is 5.53. The van der Waals surface area contributed by atoms with Crippen molar-refractivity contribution in [3.63, 3.8) is 0 Å². The van der Waals surface area contributed by atoms with E-state index in [9.17, 15) is 4.79 Å². The quantitative estimate of drug-likeness (QED) is 0.866. The molecule has 0 aromatic heterocycles. The molecular weight excluding hydrogens is 360 g/mol. The number of benzene rings is 2. The van der Waals surface area contributed by atoms with E-state index >= 15 is 0 Å². The van der Waals surface area contributed by atoms with E-state index in [0.717, 1.165) is 43.7 Å². The molecule has 2 fully saturated rings. The summed E-state index contributed by atoms with van der Waals surface area (Å²) >= 11 is 0. The minimum absolute atomic E-state index is 0. The largest absolute Gasteiger partial charge is 0.481 e. The number of amides is 1. The van der Waals surface area contributed by atoms with Crippen LogP contribution in [0.15, 0.2) is 54.6 Å². The molecule has 144 valence electrons. The second-order valence-electron chi connectivity index (χ2n) is 7.27. The molecule has 2 saturated heterocycles. The first-order valence-corrected chi connectivity index (χ1v) is 9.57. The number of nitrogens with zero attached hydrogens (tertiary/aromatic N) is 1. The molecular formula is C22H27ClN2O2. The molecule has 2 aromatic rings. The molecule has 5 heteroatoms. The number of carbonyl (C=O) groups excluding carboxylic acids is 1. The van der Waals surface area contributed by atoms with E-state index < -0.39 is 6.10 Å². The smallest absolute Gasteiger partial charge is 0.263 e. The second-order valence-corrected chi connectivity index (χ2v) is 7.27. The Morgan fingerprint density at radius 3 is 2.41 bits per heavy atom. The van der Waals surface area contributed by atoms with E-state index in [-0.39, 0.29) is 18.3 Å². The van der Waals surface area contributed by atoms with Gasteiger partial charge in [-0.25, -0.2) is 0 Å². The topological polar surface area (TPSA) is 41.6 Å². The molecule has 2 aliphatic rings. The van der Waals surface area contributed by atoms with Gasteiger partial charge < -0.3 is 15.0 Å². The first kappa shape index (κ1) is 19.7. The van der Waals surface area contributed by atoms with Gasteiger partial charge in [0.15, 0.2) is 6.10 Å². The summed E-state index contributed by atoms with van der Waals surface area (Å²) in [6, 6.07) is 18.9. The number of halogens is 1. The second kappa shape index (κ2) is 8.77. The fraction of sp³-hybridized carbons (Fsp3) is 0.409. The van der Waals surface area contributed by atoms with Gasteiger partial charge >= 0.3 is 0 Å². The Balaban J connectivity index is 0.00000210. The van der Waals surface area contributed by atoms with E-state index in [2.05, 4.69) is 22.3 Å². The van der Waals surface area contributed by atoms with Crippen LogP contribution in [-0.4, -0.2) is 42.1 Å². The summed E-state index contributed by atoms with van der Waals surface area (Å²) in [4.78, 5) is 15.1. The molecule has 27 heavy (non-hydrogen) atoms. The van der Waals surface area contributed by atoms with Crippen LogP contribution in [0.2, 0.25) is 0 Å². The van der Waals surface area contributed by atoms with Crippen molar-refractivity contribution in [3.05, 3.63) is 54.6 Å². The van der Waals surface area contributed by atoms with Gasteiger partial charge in [0.25, 0.3) is 5.91 Å². The lowest BCUT2D eigenvalue weighted by Gasteiger charge is -2.30. The van der Waals surface area contributed by atoms with E-state index in [4.69, 9.17) is 4.74 Å². The molecule has 0 radical (unpaired) electrons. The molecule has 4 nitrogen and oxygen atoms in total. The maximum atomic E-state index is 13.0. The van der Waals surface area contributed by atoms with Gasteiger partial charge in [0.1, 0.15) is 5.75 Å². The van der Waals surface area contributed by atoms with Crippen molar-refractivity contribution >= 4 is 18.3 Å². The molecule has 4 rings (SSSR count). The van der Waals surface area contributed by atoms with Crippen LogP contribution >= 0.6 is 12.4 Å². The number of fused-ring (bicyclic) bond motifs is 2. The maximum absolute atomic E-state index is 13.0. The van der Waals surface area contributed by atoms with Gasteiger partial charge in [-0.3, -0.25) is 4.79 Å². The molecule has 1 N–H and O–H groups in total. The third-order valence-corrected chi connectivity index (χ3v) is 5.53. The minimum Gasteiger partial charge on any atom is -0.481 e. The fourth-order valence-corrected chi connectivity index (χ4v) is 4.16. The standard InChI is InChI=1S/C22H26N2O2.ClH/c1-16(22(25)24-19-9-10-20(24)15-23-14-13-19)26-21-11-7-18(8-12-21)17-5-3-2-4-6-17;/h2-8,11-12,16,19-20,23H,9-10,13-15H2,1H3;1H. The first-order chi connectivity index (χ1) is 12.7. The number of hydrogen-bond acceptors (Lipinski definition) is 3. The van der Waals surface area contributed by atoms with Crippen molar-refractivity contribution in [3.8, 4) is 16.9 Å². The molecule has 3 atom stereocenters. The predicted octanol–water partition coefficient (Wildman–Crippen LogP) is 3.90. The number of nitrogens with one attached hydrogen (secondary N) is 1. The molecule has 2 heterocycles. The van der Waals surface area contributed by atoms with Crippen LogP contribution < -0.4 is 10.1 Å². The lowest BCUT2D eigenvalue weighted by atomic mass is 10.1. The summed E-state index contributed by atoms with van der Waals surface area (Å²) in [6.07, 6.45) is 2.80. The Kier molecular flexibility index (Phi) is 6.40. The summed E-state index contributed by atoms with van der Waals surface area (Å²) in [7, 11) is 0. The molecule has 0 aliphatic carbocycles. The van der Waals surface area contributed by atoms with Crippen molar-refractivity contribution in [1.82, 2.24) is 10.2 Å². The van der Waals surface area contributed by atoms with Crippen molar-refractivity contribution in [2.75, 3.05) is 13.1 Å². The van der Waals surface area contributed by atoms with Crippen molar-refractivity contribution < 1.29 is 9.53 Å². The summed E-state index contributed by atoms with van der Waals surface area (Å²) in [5, 5.41) is 3.44. The zero-order chi connectivity index (χ0) is 17.9. The summed E-state index contributed by atoms with van der Waals surface area (Å²) in [5.41, 5.74) is 2.32. The van der Waals surface area contributed by atoms with Crippen molar-refractivity contribution in [2.24, 2.45) is 0 Å².